The Morgan fingerprint density at radius 3 is 1.89 bits per heavy atom. The van der Waals surface area contributed by atoms with Crippen molar-refractivity contribution in [2.24, 2.45) is 0 Å². The van der Waals surface area contributed by atoms with E-state index in [1.54, 1.807) is 35.5 Å². The summed E-state index contributed by atoms with van der Waals surface area (Å²) in [7, 11) is 7.84. The smallest absolute Gasteiger partial charge is 0.207 e. The van der Waals surface area contributed by atoms with Gasteiger partial charge in [-0.1, -0.05) is 6.07 Å². The summed E-state index contributed by atoms with van der Waals surface area (Å²) in [6, 6.07) is 9.00. The molecule has 0 saturated carbocycles. The van der Waals surface area contributed by atoms with Gasteiger partial charge in [-0.05, 0) is 41.8 Å². The quantitative estimate of drug-likeness (QED) is 0.644. The van der Waals surface area contributed by atoms with E-state index >= 15 is 0 Å². The molecule has 0 fully saturated rings. The Morgan fingerprint density at radius 2 is 1.41 bits per heavy atom. The number of rotatable bonds is 10. The van der Waals surface area contributed by atoms with Crippen molar-refractivity contribution < 1.29 is 28.5 Å². The predicted octanol–water partition coefficient (Wildman–Crippen LogP) is 2.76. The van der Waals surface area contributed by atoms with Crippen molar-refractivity contribution >= 4 is 6.41 Å². The number of carbonyl (C=O) groups is 1. The van der Waals surface area contributed by atoms with E-state index in [1.165, 1.54) is 0 Å². The Kier molecular flexibility index (Phi) is 7.16. The van der Waals surface area contributed by atoms with E-state index in [-0.39, 0.29) is 6.04 Å². The van der Waals surface area contributed by atoms with Crippen LogP contribution in [0.1, 0.15) is 17.2 Å². The second kappa shape index (κ2) is 9.56. The molecule has 2 aromatic rings. The first kappa shape index (κ1) is 20.2. The maximum Gasteiger partial charge on any atom is 0.207 e. The Bertz CT molecular complexity index is 752. The monoisotopic (exact) mass is 375 g/mol. The fourth-order valence-corrected chi connectivity index (χ4v) is 2.91. The molecule has 0 aliphatic heterocycles. The molecule has 7 nitrogen and oxygen atoms in total. The van der Waals surface area contributed by atoms with Crippen molar-refractivity contribution in [3.8, 4) is 28.7 Å². The van der Waals surface area contributed by atoms with Crippen molar-refractivity contribution in [1.29, 1.82) is 0 Å². The van der Waals surface area contributed by atoms with E-state index in [9.17, 15) is 4.79 Å². The second-order valence-electron chi connectivity index (χ2n) is 5.69. The van der Waals surface area contributed by atoms with Gasteiger partial charge in [0.2, 0.25) is 12.2 Å². The summed E-state index contributed by atoms with van der Waals surface area (Å²) in [4.78, 5) is 11.2. The highest BCUT2D eigenvalue weighted by molar-refractivity contribution is 5.55. The van der Waals surface area contributed by atoms with Crippen LogP contribution in [0.5, 0.6) is 28.7 Å². The SMILES string of the molecule is COc1ccc(C(Cc2cc(OC)c(OC)c(OC)c2)NC=O)cc1OC. The molecule has 146 valence electrons. The minimum atomic E-state index is -0.273. The third-order valence-corrected chi connectivity index (χ3v) is 4.24. The highest BCUT2D eigenvalue weighted by Crippen LogP contribution is 2.39. The summed E-state index contributed by atoms with van der Waals surface area (Å²) in [5.74, 6) is 2.86. The highest BCUT2D eigenvalue weighted by Gasteiger charge is 2.18. The molecule has 0 aliphatic carbocycles. The highest BCUT2D eigenvalue weighted by atomic mass is 16.5. The number of hydrogen-bond donors (Lipinski definition) is 1. The van der Waals surface area contributed by atoms with Gasteiger partial charge in [-0.15, -0.1) is 0 Å². The molecular formula is C20H25NO6. The van der Waals surface area contributed by atoms with Crippen molar-refractivity contribution in [2.45, 2.75) is 12.5 Å². The molecule has 0 heterocycles. The first-order valence-electron chi connectivity index (χ1n) is 8.32. The van der Waals surface area contributed by atoms with Crippen LogP contribution in [0.15, 0.2) is 30.3 Å². The minimum absolute atomic E-state index is 0.273. The molecule has 1 N–H and O–H groups in total. The predicted molar refractivity (Wildman–Crippen MR) is 101 cm³/mol. The van der Waals surface area contributed by atoms with Crippen LogP contribution in [0.25, 0.3) is 0 Å². The molecule has 0 aliphatic rings. The zero-order valence-corrected chi connectivity index (χ0v) is 16.2. The first-order valence-corrected chi connectivity index (χ1v) is 8.32. The topological polar surface area (TPSA) is 75.3 Å². The normalized spacial score (nSPS) is 11.3. The molecule has 27 heavy (non-hydrogen) atoms. The standard InChI is InChI=1S/C20H25NO6/c1-23-16-7-6-14(11-17(16)24-2)15(21-12-22)8-13-9-18(25-3)20(27-5)19(10-13)26-4/h6-7,9-12,15H,8H2,1-5H3,(H,21,22). The summed E-state index contributed by atoms with van der Waals surface area (Å²) in [6.07, 6.45) is 1.20. The van der Waals surface area contributed by atoms with E-state index in [2.05, 4.69) is 5.32 Å². The summed E-state index contributed by atoms with van der Waals surface area (Å²) < 4.78 is 26.8. The van der Waals surface area contributed by atoms with Crippen LogP contribution in [0, 0.1) is 0 Å². The number of benzene rings is 2. The summed E-state index contributed by atoms with van der Waals surface area (Å²) >= 11 is 0. The summed E-state index contributed by atoms with van der Waals surface area (Å²) in [5.41, 5.74) is 1.80. The van der Waals surface area contributed by atoms with Crippen molar-refractivity contribution in [1.82, 2.24) is 5.32 Å². The van der Waals surface area contributed by atoms with E-state index in [4.69, 9.17) is 23.7 Å². The minimum Gasteiger partial charge on any atom is -0.493 e. The molecule has 0 aromatic heterocycles. The van der Waals surface area contributed by atoms with Gasteiger partial charge in [0, 0.05) is 0 Å². The van der Waals surface area contributed by atoms with Crippen LogP contribution < -0.4 is 29.0 Å². The van der Waals surface area contributed by atoms with Crippen molar-refractivity contribution in [3.63, 3.8) is 0 Å². The Labute approximate surface area is 159 Å². The zero-order chi connectivity index (χ0) is 19.8. The summed E-state index contributed by atoms with van der Waals surface area (Å²) in [5, 5.41) is 2.85. The van der Waals surface area contributed by atoms with Gasteiger partial charge in [-0.2, -0.15) is 0 Å². The molecule has 1 unspecified atom stereocenters. The number of nitrogens with one attached hydrogen (secondary N) is 1. The average Bonchev–Trinajstić information content (AvgIpc) is 2.71. The van der Waals surface area contributed by atoms with Crippen LogP contribution in [0.2, 0.25) is 0 Å². The van der Waals surface area contributed by atoms with Gasteiger partial charge in [0.15, 0.2) is 23.0 Å². The molecule has 7 heteroatoms. The van der Waals surface area contributed by atoms with Gasteiger partial charge < -0.3 is 29.0 Å². The molecule has 0 radical (unpaired) electrons. The summed E-state index contributed by atoms with van der Waals surface area (Å²) in [6.45, 7) is 0. The fourth-order valence-electron chi connectivity index (χ4n) is 2.91. The number of ether oxygens (including phenoxy) is 5. The third kappa shape index (κ3) is 4.55. The molecule has 1 amide bonds. The lowest BCUT2D eigenvalue weighted by Crippen LogP contribution is -2.22. The number of hydrogen-bond acceptors (Lipinski definition) is 6. The average molecular weight is 375 g/mol. The number of amides is 1. The van der Waals surface area contributed by atoms with E-state index in [0.29, 0.717) is 41.6 Å². The van der Waals surface area contributed by atoms with Crippen LogP contribution in [-0.2, 0) is 11.2 Å². The van der Waals surface area contributed by atoms with Crippen molar-refractivity contribution in [2.75, 3.05) is 35.5 Å². The van der Waals surface area contributed by atoms with Crippen LogP contribution in [-0.4, -0.2) is 42.0 Å². The van der Waals surface area contributed by atoms with Gasteiger partial charge in [-0.25, -0.2) is 0 Å². The van der Waals surface area contributed by atoms with E-state index in [1.807, 2.05) is 30.3 Å². The first-order chi connectivity index (χ1) is 13.1. The second-order valence-corrected chi connectivity index (χ2v) is 5.69. The van der Waals surface area contributed by atoms with Crippen LogP contribution in [0.3, 0.4) is 0 Å². The van der Waals surface area contributed by atoms with Crippen molar-refractivity contribution in [3.05, 3.63) is 41.5 Å². The molecular weight excluding hydrogens is 350 g/mol. The third-order valence-electron chi connectivity index (χ3n) is 4.24. The number of methoxy groups -OCH3 is 5. The lowest BCUT2D eigenvalue weighted by Gasteiger charge is -2.20. The van der Waals surface area contributed by atoms with Gasteiger partial charge >= 0.3 is 0 Å². The zero-order valence-electron chi connectivity index (χ0n) is 16.2. The van der Waals surface area contributed by atoms with Gasteiger partial charge in [0.1, 0.15) is 0 Å². The van der Waals surface area contributed by atoms with Gasteiger partial charge in [0.05, 0.1) is 41.6 Å². The molecule has 2 aromatic carbocycles. The lowest BCUT2D eigenvalue weighted by atomic mass is 9.98. The lowest BCUT2D eigenvalue weighted by molar-refractivity contribution is -0.110. The van der Waals surface area contributed by atoms with E-state index < -0.39 is 0 Å². The molecule has 0 saturated heterocycles. The van der Waals surface area contributed by atoms with Crippen LogP contribution in [0.4, 0.5) is 0 Å². The molecule has 2 rings (SSSR count). The van der Waals surface area contributed by atoms with Crippen LogP contribution >= 0.6 is 0 Å². The Morgan fingerprint density at radius 1 is 0.815 bits per heavy atom. The maximum absolute atomic E-state index is 11.2. The Balaban J connectivity index is 2.40. The molecule has 0 spiro atoms. The largest absolute Gasteiger partial charge is 0.493 e. The van der Waals surface area contributed by atoms with Gasteiger partial charge in [0.25, 0.3) is 0 Å². The number of carbonyl (C=O) groups excluding carboxylic acids is 1. The molecule has 0 bridgehead atoms. The van der Waals surface area contributed by atoms with Gasteiger partial charge in [-0.3, -0.25) is 4.79 Å². The van der Waals surface area contributed by atoms with E-state index in [0.717, 1.165) is 11.1 Å². The fraction of sp³-hybridized carbons (Fsp3) is 0.350. The Hall–Kier alpha value is -3.09. The molecule has 1 atom stereocenters. The maximum atomic E-state index is 11.2.